The molecule has 0 aliphatic rings. The van der Waals surface area contributed by atoms with Crippen molar-refractivity contribution in [2.24, 2.45) is 0 Å². The van der Waals surface area contributed by atoms with E-state index < -0.39 is 0 Å². The molecule has 8 aromatic rings. The number of nitrogens with zero attached hydrogens (tertiary/aromatic N) is 6. The van der Waals surface area contributed by atoms with Crippen molar-refractivity contribution in [3.05, 3.63) is 61.2 Å². The van der Waals surface area contributed by atoms with Crippen molar-refractivity contribution in [2.75, 3.05) is 0 Å². The molecule has 0 aliphatic carbocycles. The van der Waals surface area contributed by atoms with Crippen molar-refractivity contribution >= 4 is 96.5 Å². The van der Waals surface area contributed by atoms with Gasteiger partial charge in [-0.25, -0.2) is 29.9 Å². The Morgan fingerprint density at radius 2 is 0.778 bits per heavy atom. The summed E-state index contributed by atoms with van der Waals surface area (Å²) in [6.07, 6.45) is 7.12. The Morgan fingerprint density at radius 3 is 1.19 bits per heavy atom. The molecule has 0 atom stereocenters. The molecule has 12 heteroatoms. The largest absolute Gasteiger partial charge is 0.236 e. The van der Waals surface area contributed by atoms with Crippen molar-refractivity contribution in [1.82, 2.24) is 29.9 Å². The number of thiazole rings is 2. The quantitative estimate of drug-likeness (QED) is 0.210. The van der Waals surface area contributed by atoms with Crippen LogP contribution >= 0.6 is 68.0 Å². The van der Waals surface area contributed by atoms with E-state index in [1.54, 1.807) is 92.8 Å². The van der Waals surface area contributed by atoms with Crippen molar-refractivity contribution in [3.63, 3.8) is 0 Å². The number of aromatic nitrogens is 6. The molecule has 0 spiro atoms. The molecule has 0 radical (unpaired) electrons. The fourth-order valence-corrected chi connectivity index (χ4v) is 10.6. The molecule has 0 saturated heterocycles. The smallest absolute Gasteiger partial charge is 0.169 e. The van der Waals surface area contributed by atoms with Crippen molar-refractivity contribution in [2.45, 2.75) is 0 Å². The Kier molecular flexibility index (Phi) is 4.85. The molecule has 0 N–H and O–H groups in total. The highest BCUT2D eigenvalue weighted by atomic mass is 32.1. The van der Waals surface area contributed by atoms with Crippen LogP contribution in [0.3, 0.4) is 0 Å². The summed E-state index contributed by atoms with van der Waals surface area (Å²) in [6.45, 7) is 0. The molecule has 8 heterocycles. The molecule has 8 aromatic heterocycles. The van der Waals surface area contributed by atoms with E-state index in [-0.39, 0.29) is 0 Å². The lowest BCUT2D eigenvalue weighted by Crippen LogP contribution is -1.81. The zero-order chi connectivity index (χ0) is 23.6. The van der Waals surface area contributed by atoms with Crippen LogP contribution in [-0.4, -0.2) is 29.9 Å². The maximum atomic E-state index is 4.94. The van der Waals surface area contributed by atoms with Crippen molar-refractivity contribution in [1.29, 1.82) is 0 Å². The zero-order valence-electron chi connectivity index (χ0n) is 17.9. The van der Waals surface area contributed by atoms with Gasteiger partial charge in [-0.2, -0.15) is 0 Å². The lowest BCUT2D eigenvalue weighted by molar-refractivity contribution is 1.19. The van der Waals surface area contributed by atoms with Gasteiger partial charge in [0.25, 0.3) is 0 Å². The van der Waals surface area contributed by atoms with Crippen LogP contribution in [-0.2, 0) is 0 Å². The summed E-state index contributed by atoms with van der Waals surface area (Å²) < 4.78 is 4.96. The predicted molar refractivity (Wildman–Crippen MR) is 155 cm³/mol. The molecular weight excluding hydrogens is 565 g/mol. The van der Waals surface area contributed by atoms with E-state index in [2.05, 4.69) is 44.2 Å². The molecule has 0 aliphatic heterocycles. The van der Waals surface area contributed by atoms with Gasteiger partial charge < -0.3 is 0 Å². The Morgan fingerprint density at radius 1 is 0.417 bits per heavy atom. The maximum absolute atomic E-state index is 4.94. The second kappa shape index (κ2) is 8.26. The first-order chi connectivity index (χ1) is 17.8. The van der Waals surface area contributed by atoms with E-state index in [0.717, 1.165) is 41.1 Å². The Hall–Kier alpha value is -3.00. The second-order valence-electron chi connectivity index (χ2n) is 7.69. The van der Waals surface area contributed by atoms with Gasteiger partial charge in [0, 0.05) is 43.6 Å². The SMILES string of the molecule is c1cnc(-c2cc3sc(-c4nc5sc(-c6cc7sc(-c8ncccn8)cc7s6)nc5s4)cc3s2)nc1. The highest BCUT2D eigenvalue weighted by molar-refractivity contribution is 7.35. The van der Waals surface area contributed by atoms with Crippen LogP contribution in [0.4, 0.5) is 0 Å². The van der Waals surface area contributed by atoms with E-state index in [4.69, 9.17) is 9.97 Å². The van der Waals surface area contributed by atoms with Crippen molar-refractivity contribution in [3.8, 4) is 41.2 Å². The van der Waals surface area contributed by atoms with Crippen LogP contribution in [0.25, 0.3) is 69.6 Å². The Balaban J connectivity index is 1.09. The molecule has 0 amide bonds. The van der Waals surface area contributed by atoms with Gasteiger partial charge in [-0.15, -0.1) is 45.3 Å². The van der Waals surface area contributed by atoms with E-state index in [1.807, 2.05) is 12.1 Å². The summed E-state index contributed by atoms with van der Waals surface area (Å²) in [5.41, 5.74) is 0. The van der Waals surface area contributed by atoms with Crippen LogP contribution < -0.4 is 0 Å². The molecule has 0 saturated carbocycles. The monoisotopic (exact) mass is 574 g/mol. The van der Waals surface area contributed by atoms with Crippen LogP contribution in [0.15, 0.2) is 61.2 Å². The molecule has 172 valence electrons. The minimum Gasteiger partial charge on any atom is -0.236 e. The summed E-state index contributed by atoms with van der Waals surface area (Å²) in [5.74, 6) is 1.55. The first-order valence-electron chi connectivity index (χ1n) is 10.7. The number of hydrogen-bond acceptors (Lipinski definition) is 12. The highest BCUT2D eigenvalue weighted by Gasteiger charge is 2.18. The fourth-order valence-electron chi connectivity index (χ4n) is 3.81. The average Bonchev–Trinajstić information content (AvgIpc) is 3.71. The number of rotatable bonds is 4. The van der Waals surface area contributed by atoms with Gasteiger partial charge in [0.1, 0.15) is 10.0 Å². The van der Waals surface area contributed by atoms with E-state index in [1.165, 1.54) is 28.6 Å². The minimum absolute atomic E-state index is 0.775. The second-order valence-corrected chi connectivity index (χ2v) is 14.0. The lowest BCUT2D eigenvalue weighted by atomic mass is 10.4. The van der Waals surface area contributed by atoms with Crippen molar-refractivity contribution < 1.29 is 0 Å². The number of thiophene rings is 4. The fraction of sp³-hybridized carbons (Fsp3) is 0. The Labute approximate surface area is 227 Å². The summed E-state index contributed by atoms with van der Waals surface area (Å²) in [7, 11) is 0. The minimum atomic E-state index is 0.775. The standard InChI is InChI=1S/C24H10N6S6/c1-3-25-19(26-4-1)15-7-11-13(31-15)9-17(33-11)21-29-23-24(35-21)30-22(36-23)18-10-14-12(34-18)8-16(32-14)20-27-5-2-6-28-20/h1-10H. The first-order valence-corrected chi connectivity index (χ1v) is 15.6. The van der Waals surface area contributed by atoms with Gasteiger partial charge in [-0.1, -0.05) is 22.7 Å². The third-order valence-electron chi connectivity index (χ3n) is 5.38. The molecule has 0 fully saturated rings. The summed E-state index contributed by atoms with van der Waals surface area (Å²) >= 11 is 10.3. The maximum Gasteiger partial charge on any atom is 0.169 e. The predicted octanol–water partition coefficient (Wildman–Crippen LogP) is 8.55. The average molecular weight is 575 g/mol. The van der Waals surface area contributed by atoms with Gasteiger partial charge >= 0.3 is 0 Å². The number of fused-ring (bicyclic) bond motifs is 3. The molecule has 0 bridgehead atoms. The zero-order valence-corrected chi connectivity index (χ0v) is 22.8. The van der Waals surface area contributed by atoms with E-state index >= 15 is 0 Å². The van der Waals surface area contributed by atoms with E-state index in [9.17, 15) is 0 Å². The first kappa shape index (κ1) is 21.1. The highest BCUT2D eigenvalue weighted by Crippen LogP contribution is 2.46. The third-order valence-corrected chi connectivity index (χ3v) is 12.3. The van der Waals surface area contributed by atoms with E-state index in [0.29, 0.717) is 0 Å². The Bertz CT molecular complexity index is 1770. The summed E-state index contributed by atoms with van der Waals surface area (Å²) in [6, 6.07) is 12.5. The molecular formula is C24H10N6S6. The third kappa shape index (κ3) is 3.52. The van der Waals surface area contributed by atoms with Crippen LogP contribution in [0.5, 0.6) is 0 Å². The van der Waals surface area contributed by atoms with Crippen LogP contribution in [0.2, 0.25) is 0 Å². The lowest BCUT2D eigenvalue weighted by Gasteiger charge is -1.92. The number of hydrogen-bond donors (Lipinski definition) is 0. The van der Waals surface area contributed by atoms with Crippen LogP contribution in [0, 0.1) is 0 Å². The molecule has 8 rings (SSSR count). The van der Waals surface area contributed by atoms with Gasteiger partial charge in [0.05, 0.1) is 19.5 Å². The van der Waals surface area contributed by atoms with Gasteiger partial charge in [-0.05, 0) is 36.4 Å². The summed E-state index contributed by atoms with van der Waals surface area (Å²) in [4.78, 5) is 33.9. The normalized spacial score (nSPS) is 11.9. The molecule has 36 heavy (non-hydrogen) atoms. The van der Waals surface area contributed by atoms with Crippen LogP contribution in [0.1, 0.15) is 0 Å². The molecule has 6 nitrogen and oxygen atoms in total. The van der Waals surface area contributed by atoms with Gasteiger partial charge in [0.2, 0.25) is 0 Å². The molecule has 0 unspecified atom stereocenters. The van der Waals surface area contributed by atoms with Gasteiger partial charge in [0.15, 0.2) is 21.3 Å². The summed E-state index contributed by atoms with van der Waals surface area (Å²) in [5, 5.41) is 2.06. The van der Waals surface area contributed by atoms with Gasteiger partial charge in [-0.3, -0.25) is 0 Å². The topological polar surface area (TPSA) is 77.3 Å². The molecule has 0 aromatic carbocycles.